The number of fused-ring (bicyclic) bond motifs is 1. The lowest BCUT2D eigenvalue weighted by atomic mass is 9.80. The number of aliphatic hydroxyl groups is 2. The molecular weight excluding hydrogens is 304 g/mol. The molecule has 1 aliphatic rings. The van der Waals surface area contributed by atoms with E-state index in [0.29, 0.717) is 11.1 Å². The number of hydrogen-bond donors (Lipinski definition) is 2. The van der Waals surface area contributed by atoms with Crippen LogP contribution in [0.1, 0.15) is 54.7 Å². The van der Waals surface area contributed by atoms with Crippen molar-refractivity contribution >= 4 is 23.4 Å². The summed E-state index contributed by atoms with van der Waals surface area (Å²) < 4.78 is 0. The molecule has 0 unspecified atom stereocenters. The number of Topliss-reactive ketones (excluding diaryl/α,β-unsaturated/α-hetero) is 2. The van der Waals surface area contributed by atoms with Crippen molar-refractivity contribution in [1.82, 2.24) is 0 Å². The van der Waals surface area contributed by atoms with E-state index in [1.54, 1.807) is 38.1 Å². The maximum atomic E-state index is 12.6. The number of hydrogen-bond acceptors (Lipinski definition) is 4. The number of rotatable bonds is 4. The molecule has 1 aromatic carbocycles. The molecule has 0 heterocycles. The molecule has 2 N–H and O–H groups in total. The van der Waals surface area contributed by atoms with Gasteiger partial charge >= 0.3 is 0 Å². The molecule has 2 rings (SSSR count). The topological polar surface area (TPSA) is 74.6 Å². The van der Waals surface area contributed by atoms with Crippen molar-refractivity contribution in [2.45, 2.75) is 40.7 Å². The SMILES string of the molecule is Cc1ccc2c(c1C=C[C@H](O)C(C)C)C(=O)C(=O)C(C(C)C)=C2O. The molecule has 0 aromatic heterocycles. The third-order valence-corrected chi connectivity index (χ3v) is 4.37. The minimum Gasteiger partial charge on any atom is -0.507 e. The Morgan fingerprint density at radius 1 is 1.04 bits per heavy atom. The minimum atomic E-state index is -0.653. The van der Waals surface area contributed by atoms with E-state index in [4.69, 9.17) is 0 Å². The molecule has 4 nitrogen and oxygen atoms in total. The first-order valence-corrected chi connectivity index (χ1v) is 8.19. The van der Waals surface area contributed by atoms with Gasteiger partial charge in [0.25, 0.3) is 0 Å². The van der Waals surface area contributed by atoms with E-state index in [0.717, 1.165) is 5.56 Å². The second-order valence-electron chi connectivity index (χ2n) is 6.89. The van der Waals surface area contributed by atoms with Gasteiger partial charge in [-0.2, -0.15) is 0 Å². The molecule has 0 radical (unpaired) electrons. The Bertz CT molecular complexity index is 751. The van der Waals surface area contributed by atoms with Gasteiger partial charge in [-0.15, -0.1) is 0 Å². The lowest BCUT2D eigenvalue weighted by Gasteiger charge is -2.22. The van der Waals surface area contributed by atoms with E-state index in [9.17, 15) is 19.8 Å². The second kappa shape index (κ2) is 6.73. The summed E-state index contributed by atoms with van der Waals surface area (Å²) in [4.78, 5) is 25.0. The molecule has 0 amide bonds. The van der Waals surface area contributed by atoms with Crippen molar-refractivity contribution < 1.29 is 19.8 Å². The van der Waals surface area contributed by atoms with Crippen molar-refractivity contribution in [2.24, 2.45) is 11.8 Å². The van der Waals surface area contributed by atoms with Crippen LogP contribution in [-0.4, -0.2) is 27.9 Å². The Hall–Kier alpha value is -2.20. The Morgan fingerprint density at radius 3 is 2.21 bits per heavy atom. The summed E-state index contributed by atoms with van der Waals surface area (Å²) in [5.74, 6) is -1.57. The van der Waals surface area contributed by atoms with Crippen LogP contribution in [-0.2, 0) is 4.79 Å². The second-order valence-corrected chi connectivity index (χ2v) is 6.89. The van der Waals surface area contributed by atoms with E-state index in [2.05, 4.69) is 0 Å². The van der Waals surface area contributed by atoms with Crippen LogP contribution in [0.2, 0.25) is 0 Å². The molecule has 0 saturated heterocycles. The molecule has 0 fully saturated rings. The molecule has 0 spiro atoms. The molecule has 1 atom stereocenters. The maximum absolute atomic E-state index is 12.6. The van der Waals surface area contributed by atoms with E-state index >= 15 is 0 Å². The fraction of sp³-hybridized carbons (Fsp3) is 0.400. The zero-order valence-corrected chi connectivity index (χ0v) is 14.8. The predicted octanol–water partition coefficient (Wildman–Crippen LogP) is 3.72. The summed E-state index contributed by atoms with van der Waals surface area (Å²) in [5, 5.41) is 20.5. The minimum absolute atomic E-state index is 0.0410. The summed E-state index contributed by atoms with van der Waals surface area (Å²) in [5.41, 5.74) is 2.14. The van der Waals surface area contributed by atoms with Gasteiger partial charge in [-0.05, 0) is 29.9 Å². The molecule has 0 saturated carbocycles. The standard InChI is InChI=1S/C20H24O4/c1-10(2)15(21)9-8-13-12(5)6-7-14-17(13)20(24)19(23)16(11(3)4)18(14)22/h6-11,15,21-22H,1-5H3/t15-/m0/s1. The highest BCUT2D eigenvalue weighted by Gasteiger charge is 2.35. The smallest absolute Gasteiger partial charge is 0.234 e. The molecule has 1 aromatic rings. The average Bonchev–Trinajstić information content (AvgIpc) is 2.50. The Morgan fingerprint density at radius 2 is 1.67 bits per heavy atom. The van der Waals surface area contributed by atoms with Crippen molar-refractivity contribution in [3.05, 3.63) is 46.0 Å². The quantitative estimate of drug-likeness (QED) is 0.826. The number of aryl methyl sites for hydroxylation is 1. The van der Waals surface area contributed by atoms with Gasteiger partial charge in [-0.25, -0.2) is 0 Å². The first-order chi connectivity index (χ1) is 11.2. The monoisotopic (exact) mass is 328 g/mol. The molecule has 1 aliphatic carbocycles. The Labute approximate surface area is 142 Å². The fourth-order valence-corrected chi connectivity index (χ4v) is 2.82. The van der Waals surface area contributed by atoms with E-state index in [-0.39, 0.29) is 28.7 Å². The zero-order valence-electron chi connectivity index (χ0n) is 14.8. The molecular formula is C20H24O4. The predicted molar refractivity (Wildman–Crippen MR) is 94.8 cm³/mol. The first-order valence-electron chi connectivity index (χ1n) is 8.19. The van der Waals surface area contributed by atoms with Gasteiger partial charge in [0.15, 0.2) is 0 Å². The third kappa shape index (κ3) is 3.06. The molecule has 24 heavy (non-hydrogen) atoms. The van der Waals surface area contributed by atoms with Gasteiger partial charge < -0.3 is 10.2 Å². The maximum Gasteiger partial charge on any atom is 0.234 e. The number of aliphatic hydroxyl groups excluding tert-OH is 2. The Balaban J connectivity index is 2.68. The third-order valence-electron chi connectivity index (χ3n) is 4.37. The van der Waals surface area contributed by atoms with E-state index < -0.39 is 17.7 Å². The summed E-state index contributed by atoms with van der Waals surface area (Å²) >= 11 is 0. The highest BCUT2D eigenvalue weighted by molar-refractivity contribution is 6.52. The van der Waals surface area contributed by atoms with Crippen LogP contribution in [0.15, 0.2) is 23.8 Å². The number of carbonyl (C=O) groups is 2. The zero-order chi connectivity index (χ0) is 18.2. The van der Waals surface area contributed by atoms with Crippen LogP contribution in [0.5, 0.6) is 0 Å². The first kappa shape index (κ1) is 18.1. The molecule has 0 aliphatic heterocycles. The van der Waals surface area contributed by atoms with Crippen LogP contribution in [0.4, 0.5) is 0 Å². The van der Waals surface area contributed by atoms with Crippen LogP contribution >= 0.6 is 0 Å². The number of carbonyl (C=O) groups excluding carboxylic acids is 2. The van der Waals surface area contributed by atoms with Gasteiger partial charge in [-0.3, -0.25) is 9.59 Å². The fourth-order valence-electron chi connectivity index (χ4n) is 2.82. The van der Waals surface area contributed by atoms with Gasteiger partial charge in [0.05, 0.1) is 6.10 Å². The van der Waals surface area contributed by atoms with Crippen LogP contribution in [0.25, 0.3) is 11.8 Å². The van der Waals surface area contributed by atoms with Crippen molar-refractivity contribution in [2.75, 3.05) is 0 Å². The van der Waals surface area contributed by atoms with E-state index in [1.807, 2.05) is 20.8 Å². The number of ketones is 2. The average molecular weight is 328 g/mol. The van der Waals surface area contributed by atoms with Crippen molar-refractivity contribution in [3.8, 4) is 0 Å². The van der Waals surface area contributed by atoms with Gasteiger partial charge in [0, 0.05) is 16.7 Å². The van der Waals surface area contributed by atoms with Gasteiger partial charge in [-0.1, -0.05) is 52.0 Å². The molecule has 4 heteroatoms. The van der Waals surface area contributed by atoms with Gasteiger partial charge in [0.2, 0.25) is 11.6 Å². The Kier molecular flexibility index (Phi) is 5.09. The van der Waals surface area contributed by atoms with E-state index in [1.165, 1.54) is 0 Å². The lowest BCUT2D eigenvalue weighted by Crippen LogP contribution is -2.27. The summed E-state index contributed by atoms with van der Waals surface area (Å²) in [6, 6.07) is 3.47. The van der Waals surface area contributed by atoms with Crippen molar-refractivity contribution in [1.29, 1.82) is 0 Å². The highest BCUT2D eigenvalue weighted by Crippen LogP contribution is 2.35. The van der Waals surface area contributed by atoms with Crippen LogP contribution in [0, 0.1) is 18.8 Å². The summed E-state index contributed by atoms with van der Waals surface area (Å²) in [6.45, 7) is 9.16. The normalized spacial score (nSPS) is 16.5. The number of allylic oxidation sites excluding steroid dienone is 1. The van der Waals surface area contributed by atoms with Crippen LogP contribution < -0.4 is 0 Å². The highest BCUT2D eigenvalue weighted by atomic mass is 16.3. The molecule has 0 bridgehead atoms. The summed E-state index contributed by atoms with van der Waals surface area (Å²) in [7, 11) is 0. The summed E-state index contributed by atoms with van der Waals surface area (Å²) in [6.07, 6.45) is 2.63. The lowest BCUT2D eigenvalue weighted by molar-refractivity contribution is -0.112. The van der Waals surface area contributed by atoms with Crippen molar-refractivity contribution in [3.63, 3.8) is 0 Å². The molecule has 128 valence electrons. The number of benzene rings is 1. The van der Waals surface area contributed by atoms with Gasteiger partial charge in [0.1, 0.15) is 5.76 Å². The van der Waals surface area contributed by atoms with Crippen LogP contribution in [0.3, 0.4) is 0 Å². The largest absolute Gasteiger partial charge is 0.507 e.